The highest BCUT2D eigenvalue weighted by Gasteiger charge is 2.18. The van der Waals surface area contributed by atoms with E-state index < -0.39 is 0 Å². The summed E-state index contributed by atoms with van der Waals surface area (Å²) in [5.74, 6) is 0.602. The van der Waals surface area contributed by atoms with Crippen molar-refractivity contribution in [1.82, 2.24) is 9.27 Å². The Bertz CT molecular complexity index is 383. The van der Waals surface area contributed by atoms with E-state index in [1.807, 2.05) is 6.07 Å². The summed E-state index contributed by atoms with van der Waals surface area (Å²) < 4.78 is 4.46. The molecule has 1 aliphatic carbocycles. The average Bonchev–Trinajstić information content (AvgIpc) is 2.78. The molecular weight excluding hydrogens is 234 g/mol. The normalized spacial score (nSPS) is 16.8. The van der Waals surface area contributed by atoms with Crippen molar-refractivity contribution in [2.45, 2.75) is 38.0 Å². The second kappa shape index (κ2) is 5.49. The molecule has 1 N–H and O–H groups in total. The molecule has 2 rings (SSSR count). The molecule has 2 amide bonds. The third-order valence-electron chi connectivity index (χ3n) is 3.19. The molecule has 1 saturated carbocycles. The van der Waals surface area contributed by atoms with E-state index in [-0.39, 0.29) is 6.03 Å². The molecule has 0 radical (unpaired) electrons. The van der Waals surface area contributed by atoms with Gasteiger partial charge in [0.25, 0.3) is 0 Å². The van der Waals surface area contributed by atoms with Gasteiger partial charge in [0, 0.05) is 20.0 Å². The summed E-state index contributed by atoms with van der Waals surface area (Å²) in [5, 5.41) is 3.70. The number of rotatable bonds is 2. The van der Waals surface area contributed by atoms with Crippen molar-refractivity contribution >= 4 is 22.6 Å². The van der Waals surface area contributed by atoms with Crippen LogP contribution in [0.4, 0.5) is 9.80 Å². The zero-order chi connectivity index (χ0) is 12.3. The Balaban J connectivity index is 1.97. The molecule has 1 fully saturated rings. The Morgan fingerprint density at radius 1 is 1.41 bits per heavy atom. The van der Waals surface area contributed by atoms with E-state index in [9.17, 15) is 4.79 Å². The largest absolute Gasteiger partial charge is 0.331 e. The Kier molecular flexibility index (Phi) is 3.99. The fourth-order valence-electron chi connectivity index (χ4n) is 2.16. The maximum atomic E-state index is 11.5. The summed E-state index contributed by atoms with van der Waals surface area (Å²) in [5.41, 5.74) is 1.16. The van der Waals surface area contributed by atoms with Crippen LogP contribution in [0, 0.1) is 0 Å². The topological polar surface area (TPSA) is 45.2 Å². The van der Waals surface area contributed by atoms with Crippen LogP contribution in [0.3, 0.4) is 0 Å². The van der Waals surface area contributed by atoms with E-state index in [4.69, 9.17) is 0 Å². The van der Waals surface area contributed by atoms with Gasteiger partial charge in [0.1, 0.15) is 5.00 Å². The van der Waals surface area contributed by atoms with Crippen LogP contribution in [0.25, 0.3) is 0 Å². The zero-order valence-corrected chi connectivity index (χ0v) is 11.2. The van der Waals surface area contributed by atoms with E-state index in [1.165, 1.54) is 48.5 Å². The van der Waals surface area contributed by atoms with E-state index in [0.717, 1.165) is 10.7 Å². The Hall–Kier alpha value is -1.10. The summed E-state index contributed by atoms with van der Waals surface area (Å²) >= 11 is 1.38. The van der Waals surface area contributed by atoms with Crippen molar-refractivity contribution < 1.29 is 4.79 Å². The number of aromatic nitrogens is 1. The van der Waals surface area contributed by atoms with Crippen molar-refractivity contribution in [1.29, 1.82) is 0 Å². The van der Waals surface area contributed by atoms with Gasteiger partial charge in [0.05, 0.1) is 5.69 Å². The van der Waals surface area contributed by atoms with Crippen LogP contribution in [0.15, 0.2) is 6.07 Å². The smallest absolute Gasteiger partial charge is 0.321 e. The standard InChI is InChI=1S/C12H19N3OS/c1-15(2)12(16)13-11-8-10(14-17-11)9-6-4-3-5-7-9/h8-9H,3-7H2,1-2H3,(H,13,16). The third kappa shape index (κ3) is 3.19. The van der Waals surface area contributed by atoms with Gasteiger partial charge in [-0.15, -0.1) is 0 Å². The second-order valence-electron chi connectivity index (χ2n) is 4.78. The molecule has 4 nitrogen and oxygen atoms in total. The van der Waals surface area contributed by atoms with Crippen molar-refractivity contribution in [2.75, 3.05) is 19.4 Å². The van der Waals surface area contributed by atoms with Crippen molar-refractivity contribution in [3.8, 4) is 0 Å². The Labute approximate surface area is 106 Å². The molecule has 1 heterocycles. The van der Waals surface area contributed by atoms with Gasteiger partial charge in [-0.2, -0.15) is 4.37 Å². The van der Waals surface area contributed by atoms with Gasteiger partial charge in [0.2, 0.25) is 0 Å². The molecule has 17 heavy (non-hydrogen) atoms. The number of carbonyl (C=O) groups is 1. The van der Waals surface area contributed by atoms with E-state index in [2.05, 4.69) is 9.69 Å². The highest BCUT2D eigenvalue weighted by Crippen LogP contribution is 2.34. The maximum absolute atomic E-state index is 11.5. The van der Waals surface area contributed by atoms with Gasteiger partial charge in [0.15, 0.2) is 0 Å². The van der Waals surface area contributed by atoms with Crippen LogP contribution in [0.2, 0.25) is 0 Å². The number of urea groups is 1. The van der Waals surface area contributed by atoms with Gasteiger partial charge in [-0.3, -0.25) is 5.32 Å². The molecule has 0 aromatic carbocycles. The van der Waals surface area contributed by atoms with Crippen LogP contribution in [0.5, 0.6) is 0 Å². The van der Waals surface area contributed by atoms with Crippen LogP contribution < -0.4 is 5.32 Å². The summed E-state index contributed by atoms with van der Waals surface area (Å²) in [7, 11) is 3.47. The predicted molar refractivity (Wildman–Crippen MR) is 70.6 cm³/mol. The summed E-state index contributed by atoms with van der Waals surface area (Å²) in [4.78, 5) is 13.0. The predicted octanol–water partition coefficient (Wildman–Crippen LogP) is 3.28. The number of carbonyl (C=O) groups excluding carboxylic acids is 1. The summed E-state index contributed by atoms with van der Waals surface area (Å²) in [6.07, 6.45) is 6.45. The molecule has 94 valence electrons. The van der Waals surface area contributed by atoms with E-state index in [0.29, 0.717) is 5.92 Å². The second-order valence-corrected chi connectivity index (χ2v) is 5.58. The first-order chi connectivity index (χ1) is 8.16. The van der Waals surface area contributed by atoms with Crippen LogP contribution in [0.1, 0.15) is 43.7 Å². The summed E-state index contributed by atoms with van der Waals surface area (Å²) in [6, 6.07) is 1.94. The lowest BCUT2D eigenvalue weighted by Crippen LogP contribution is -2.26. The lowest BCUT2D eigenvalue weighted by atomic mass is 9.87. The lowest BCUT2D eigenvalue weighted by Gasteiger charge is -2.19. The molecule has 0 saturated heterocycles. The van der Waals surface area contributed by atoms with E-state index >= 15 is 0 Å². The molecule has 0 spiro atoms. The maximum Gasteiger partial charge on any atom is 0.321 e. The number of hydrogen-bond donors (Lipinski definition) is 1. The molecule has 5 heteroatoms. The first-order valence-electron chi connectivity index (χ1n) is 6.11. The fraction of sp³-hybridized carbons (Fsp3) is 0.667. The lowest BCUT2D eigenvalue weighted by molar-refractivity contribution is 0.231. The fourth-order valence-corrected chi connectivity index (χ4v) is 2.87. The number of amides is 2. The van der Waals surface area contributed by atoms with Gasteiger partial charge in [-0.25, -0.2) is 4.79 Å². The molecule has 0 atom stereocenters. The van der Waals surface area contributed by atoms with Gasteiger partial charge in [-0.05, 0) is 30.4 Å². The molecule has 0 aliphatic heterocycles. The third-order valence-corrected chi connectivity index (χ3v) is 3.91. The highest BCUT2D eigenvalue weighted by atomic mass is 32.1. The van der Waals surface area contributed by atoms with Crippen LogP contribution in [-0.4, -0.2) is 29.4 Å². The zero-order valence-electron chi connectivity index (χ0n) is 10.4. The summed E-state index contributed by atoms with van der Waals surface area (Å²) in [6.45, 7) is 0. The molecule has 1 aliphatic rings. The number of hydrogen-bond acceptors (Lipinski definition) is 3. The van der Waals surface area contributed by atoms with Crippen LogP contribution >= 0.6 is 11.5 Å². The molecule has 0 unspecified atom stereocenters. The number of nitrogens with one attached hydrogen (secondary N) is 1. The Morgan fingerprint density at radius 3 is 2.76 bits per heavy atom. The first kappa shape index (κ1) is 12.4. The Morgan fingerprint density at radius 2 is 2.12 bits per heavy atom. The quantitative estimate of drug-likeness (QED) is 0.879. The first-order valence-corrected chi connectivity index (χ1v) is 6.89. The van der Waals surface area contributed by atoms with Crippen molar-refractivity contribution in [3.05, 3.63) is 11.8 Å². The minimum atomic E-state index is -0.0937. The minimum Gasteiger partial charge on any atom is -0.331 e. The van der Waals surface area contributed by atoms with Crippen molar-refractivity contribution in [2.24, 2.45) is 0 Å². The average molecular weight is 253 g/mol. The van der Waals surface area contributed by atoms with Crippen molar-refractivity contribution in [3.63, 3.8) is 0 Å². The molecule has 0 bridgehead atoms. The molecular formula is C12H19N3OS. The number of nitrogens with zero attached hydrogens (tertiary/aromatic N) is 2. The molecule has 1 aromatic heterocycles. The van der Waals surface area contributed by atoms with Gasteiger partial charge in [-0.1, -0.05) is 19.3 Å². The monoisotopic (exact) mass is 253 g/mol. The highest BCUT2D eigenvalue weighted by molar-refractivity contribution is 7.10. The SMILES string of the molecule is CN(C)C(=O)Nc1cc(C2CCCCC2)ns1. The number of anilines is 1. The minimum absolute atomic E-state index is 0.0937. The van der Waals surface area contributed by atoms with E-state index in [1.54, 1.807) is 14.1 Å². The molecule has 1 aromatic rings. The van der Waals surface area contributed by atoms with Crippen LogP contribution in [-0.2, 0) is 0 Å². The van der Waals surface area contributed by atoms with Gasteiger partial charge >= 0.3 is 6.03 Å². The van der Waals surface area contributed by atoms with Gasteiger partial charge < -0.3 is 4.90 Å².